The molecule has 0 saturated carbocycles. The third-order valence-electron chi connectivity index (χ3n) is 4.08. The fraction of sp³-hybridized carbons (Fsp3) is 0.421. The minimum atomic E-state index is -1.48. The number of carbonyl (C=O) groups is 5. The molecule has 1 aromatic rings. The van der Waals surface area contributed by atoms with Crippen LogP contribution in [-0.4, -0.2) is 83.1 Å². The van der Waals surface area contributed by atoms with Gasteiger partial charge in [-0.25, -0.2) is 3.11 Å². The summed E-state index contributed by atoms with van der Waals surface area (Å²) in [7, 11) is 1.39. The van der Waals surface area contributed by atoms with Crippen molar-refractivity contribution in [1.82, 2.24) is 4.90 Å². The van der Waals surface area contributed by atoms with Gasteiger partial charge in [-0.2, -0.15) is 0 Å². The molecule has 188 valence electrons. The minimum absolute atomic E-state index is 0.0360. The molecule has 0 aliphatic rings. The number of likely N-dealkylation sites (N-methyl/N-ethyl adjacent to an activating group) is 1. The number of rotatable bonds is 10. The van der Waals surface area contributed by atoms with Crippen LogP contribution in [0.15, 0.2) is 6.07 Å². The van der Waals surface area contributed by atoms with Gasteiger partial charge in [0.25, 0.3) is 17.1 Å². The quantitative estimate of drug-likeness (QED) is 0.156. The van der Waals surface area contributed by atoms with Crippen molar-refractivity contribution in [3.63, 3.8) is 0 Å². The van der Waals surface area contributed by atoms with Gasteiger partial charge < -0.3 is 24.6 Å². The normalized spacial score (nSPS) is 12.4. The van der Waals surface area contributed by atoms with Crippen molar-refractivity contribution in [3.8, 4) is 0 Å². The van der Waals surface area contributed by atoms with Gasteiger partial charge in [-0.15, -0.1) is 0 Å². The Morgan fingerprint density at radius 3 is 2.18 bits per heavy atom. The van der Waals surface area contributed by atoms with Crippen molar-refractivity contribution in [3.05, 3.63) is 24.3 Å². The Labute approximate surface area is 241 Å². The minimum Gasteiger partial charge on any atom is -0.461 e. The highest BCUT2D eigenvalue weighted by molar-refractivity contribution is 14.1. The number of hydrogen-bond donors (Lipinski definition) is 2. The fourth-order valence-corrected chi connectivity index (χ4v) is 6.31. The summed E-state index contributed by atoms with van der Waals surface area (Å²) < 4.78 is 11.3. The Kier molecular flexibility index (Phi) is 12.9. The Morgan fingerprint density at radius 2 is 1.71 bits per heavy atom. The maximum Gasteiger partial charge on any atom is 0.303 e. The molecular formula is C19H20ClI3N2O9. The van der Waals surface area contributed by atoms with Gasteiger partial charge in [-0.1, -0.05) is 0 Å². The first-order valence-corrected chi connectivity index (χ1v) is 12.8. The van der Waals surface area contributed by atoms with Gasteiger partial charge in [0, 0.05) is 31.0 Å². The predicted molar refractivity (Wildman–Crippen MR) is 146 cm³/mol. The number of carbonyl (C=O) groups excluding carboxylic acids is 5. The lowest BCUT2D eigenvalue weighted by Crippen LogP contribution is -2.40. The maximum absolute atomic E-state index is 13.2. The first-order valence-electron chi connectivity index (χ1n) is 9.29. The highest BCUT2D eigenvalue weighted by atomic mass is 127. The van der Waals surface area contributed by atoms with Crippen LogP contribution in [0.2, 0.25) is 0 Å². The summed E-state index contributed by atoms with van der Waals surface area (Å²) >= 11 is 10.9. The smallest absolute Gasteiger partial charge is 0.303 e. The van der Waals surface area contributed by atoms with Crippen LogP contribution in [0.25, 0.3) is 0 Å². The van der Waals surface area contributed by atoms with Crippen LogP contribution in [0.4, 0.5) is 5.69 Å². The van der Waals surface area contributed by atoms with E-state index in [1.54, 1.807) is 45.5 Å². The highest BCUT2D eigenvalue weighted by Crippen LogP contribution is 2.36. The van der Waals surface area contributed by atoms with Gasteiger partial charge in [-0.3, -0.25) is 24.0 Å². The Morgan fingerprint density at radius 1 is 1.12 bits per heavy atom. The molecular weight excluding hydrogens is 816 g/mol. The molecule has 34 heavy (non-hydrogen) atoms. The van der Waals surface area contributed by atoms with Gasteiger partial charge >= 0.3 is 11.9 Å². The molecule has 0 aliphatic heterocycles. The highest BCUT2D eigenvalue weighted by Gasteiger charge is 2.33. The van der Waals surface area contributed by atoms with E-state index in [2.05, 4.69) is 0 Å². The van der Waals surface area contributed by atoms with Crippen LogP contribution < -0.4 is 3.11 Å². The van der Waals surface area contributed by atoms with E-state index < -0.39 is 54.4 Å². The number of aliphatic hydroxyl groups is 2. The molecule has 0 radical (unpaired) electrons. The van der Waals surface area contributed by atoms with Gasteiger partial charge in [0.05, 0.1) is 56.0 Å². The maximum atomic E-state index is 13.2. The molecule has 0 aliphatic carbocycles. The SMILES string of the molecule is CC(=O)OCC(OC(C)=O)C(=O)N(I)c1cc(C(=O)Cl)c(I)c(C(=O)N(C)CC(O)CO)c1I. The largest absolute Gasteiger partial charge is 0.461 e. The molecule has 0 spiro atoms. The van der Waals surface area contributed by atoms with Gasteiger partial charge in [-0.05, 0) is 62.8 Å². The molecule has 2 unspecified atom stereocenters. The van der Waals surface area contributed by atoms with Crippen molar-refractivity contribution in [2.45, 2.75) is 26.1 Å². The Balaban J connectivity index is 3.55. The van der Waals surface area contributed by atoms with Crippen LogP contribution in [0, 0.1) is 7.14 Å². The molecule has 2 N–H and O–H groups in total. The molecule has 0 fully saturated rings. The zero-order valence-electron chi connectivity index (χ0n) is 18.0. The zero-order chi connectivity index (χ0) is 26.3. The first-order chi connectivity index (χ1) is 15.7. The Bertz CT molecular complexity index is 992. The van der Waals surface area contributed by atoms with Crippen LogP contribution in [0.5, 0.6) is 0 Å². The summed E-state index contributed by atoms with van der Waals surface area (Å²) in [6, 6.07) is 1.30. The summed E-state index contributed by atoms with van der Waals surface area (Å²) in [6.07, 6.45) is -2.67. The summed E-state index contributed by atoms with van der Waals surface area (Å²) in [5.41, 5.74) is 0.0690. The fourth-order valence-electron chi connectivity index (χ4n) is 2.54. The van der Waals surface area contributed by atoms with Crippen molar-refractivity contribution in [1.29, 1.82) is 0 Å². The number of anilines is 1. The number of nitrogens with zero attached hydrogens (tertiary/aromatic N) is 2. The number of hydrogen-bond acceptors (Lipinski definition) is 9. The second kappa shape index (κ2) is 14.0. The summed E-state index contributed by atoms with van der Waals surface area (Å²) in [4.78, 5) is 62.1. The van der Waals surface area contributed by atoms with E-state index in [4.69, 9.17) is 26.2 Å². The van der Waals surface area contributed by atoms with Crippen molar-refractivity contribution < 1.29 is 43.7 Å². The van der Waals surface area contributed by atoms with Crippen LogP contribution in [-0.2, 0) is 23.9 Å². The topological polar surface area (TPSA) is 151 Å². The molecule has 11 nitrogen and oxygen atoms in total. The van der Waals surface area contributed by atoms with E-state index in [0.717, 1.165) is 21.9 Å². The van der Waals surface area contributed by atoms with Gasteiger partial charge in [0.1, 0.15) is 6.61 Å². The number of ether oxygens (including phenoxy) is 2. The van der Waals surface area contributed by atoms with Crippen LogP contribution in [0.3, 0.4) is 0 Å². The molecule has 0 heterocycles. The third-order valence-corrected chi connectivity index (χ3v) is 7.49. The average molecular weight is 837 g/mol. The number of aliphatic hydroxyl groups excluding tert-OH is 2. The van der Waals surface area contributed by atoms with E-state index in [1.165, 1.54) is 13.1 Å². The second-order valence-electron chi connectivity index (χ2n) is 6.76. The zero-order valence-corrected chi connectivity index (χ0v) is 25.2. The van der Waals surface area contributed by atoms with E-state index in [9.17, 15) is 29.1 Å². The second-order valence-corrected chi connectivity index (χ2v) is 10.2. The predicted octanol–water partition coefficient (Wildman–Crippen LogP) is 1.88. The standard InChI is InChI=1S/C19H20ClI3N2O9/c1-8(27)33-7-13(34-9(2)28)18(31)25(23)12-4-11(17(20)30)15(21)14(16(12)22)19(32)24(3)5-10(29)6-26/h4,10,13,26,29H,5-7H2,1-3H3. The lowest BCUT2D eigenvalue weighted by molar-refractivity contribution is -0.160. The van der Waals surface area contributed by atoms with Crippen molar-refractivity contribution in [2.75, 3.05) is 29.9 Å². The molecule has 15 heteroatoms. The van der Waals surface area contributed by atoms with Gasteiger partial charge in [0.2, 0.25) is 6.10 Å². The van der Waals surface area contributed by atoms with Crippen molar-refractivity contribution in [2.24, 2.45) is 0 Å². The van der Waals surface area contributed by atoms with Crippen LogP contribution >= 0.6 is 79.6 Å². The van der Waals surface area contributed by atoms with Crippen molar-refractivity contribution >= 4 is 114 Å². The average Bonchev–Trinajstić information content (AvgIpc) is 2.74. The van der Waals surface area contributed by atoms with Gasteiger partial charge in [0.15, 0.2) is 0 Å². The van der Waals surface area contributed by atoms with E-state index >= 15 is 0 Å². The first kappa shape index (κ1) is 31.2. The third kappa shape index (κ3) is 8.38. The molecule has 1 rings (SSSR count). The molecule has 2 atom stereocenters. The molecule has 2 amide bonds. The molecule has 0 aromatic heterocycles. The number of esters is 2. The number of amides is 2. The summed E-state index contributed by atoms with van der Waals surface area (Å²) in [6.45, 7) is 0.910. The lowest BCUT2D eigenvalue weighted by Gasteiger charge is -2.26. The molecule has 0 bridgehead atoms. The van der Waals surface area contributed by atoms with Crippen LogP contribution in [0.1, 0.15) is 34.6 Å². The molecule has 1 aromatic carbocycles. The Hall–Kier alpha value is -0.830. The monoisotopic (exact) mass is 836 g/mol. The summed E-state index contributed by atoms with van der Waals surface area (Å²) in [5.74, 6) is -2.88. The van der Waals surface area contributed by atoms with E-state index in [-0.39, 0.29) is 30.5 Å². The molecule has 0 saturated heterocycles. The number of benzene rings is 1. The van der Waals surface area contributed by atoms with E-state index in [1.807, 2.05) is 22.6 Å². The lowest BCUT2D eigenvalue weighted by atomic mass is 10.1. The number of halogens is 4. The van der Waals surface area contributed by atoms with E-state index in [0.29, 0.717) is 0 Å². The summed E-state index contributed by atoms with van der Waals surface area (Å²) in [5, 5.41) is 17.9.